The number of nitrogens with zero attached hydrogens (tertiary/aromatic N) is 3. The predicted octanol–water partition coefficient (Wildman–Crippen LogP) is 6.12. The van der Waals surface area contributed by atoms with Crippen molar-refractivity contribution in [1.29, 1.82) is 0 Å². The van der Waals surface area contributed by atoms with Gasteiger partial charge in [-0.3, -0.25) is 4.79 Å². The first kappa shape index (κ1) is 25.7. The third-order valence-corrected chi connectivity index (χ3v) is 6.36. The number of carbonyl (C=O) groups is 1. The summed E-state index contributed by atoms with van der Waals surface area (Å²) in [4.78, 5) is 19.2. The normalized spacial score (nSPS) is 11.3. The minimum absolute atomic E-state index is 0.0140. The number of carbonyl (C=O) groups excluding carboxylic acids is 1. The van der Waals surface area contributed by atoms with Gasteiger partial charge in [-0.25, -0.2) is 4.98 Å². The monoisotopic (exact) mass is 530 g/mol. The van der Waals surface area contributed by atoms with Crippen molar-refractivity contribution in [2.75, 3.05) is 11.4 Å². The fourth-order valence-corrected chi connectivity index (χ4v) is 4.32. The van der Waals surface area contributed by atoms with Gasteiger partial charge in [0.25, 0.3) is 0 Å². The lowest BCUT2D eigenvalue weighted by Crippen LogP contribution is -2.36. The van der Waals surface area contributed by atoms with Crippen molar-refractivity contribution in [3.63, 3.8) is 0 Å². The Kier molecular flexibility index (Phi) is 8.22. The van der Waals surface area contributed by atoms with Crippen molar-refractivity contribution in [1.82, 2.24) is 14.7 Å². The molecule has 0 fully saturated rings. The van der Waals surface area contributed by atoms with E-state index in [1.54, 1.807) is 23.1 Å². The van der Waals surface area contributed by atoms with Crippen LogP contribution in [0.15, 0.2) is 78.9 Å². The lowest BCUT2D eigenvalue weighted by atomic mass is 10.1. The highest BCUT2D eigenvalue weighted by atomic mass is 35.5. The molecule has 5 nitrogen and oxygen atoms in total. The highest BCUT2D eigenvalue weighted by Gasteiger charge is 2.30. The van der Waals surface area contributed by atoms with Gasteiger partial charge in [0.2, 0.25) is 11.0 Å². The van der Waals surface area contributed by atoms with E-state index in [0.29, 0.717) is 34.5 Å². The van der Waals surface area contributed by atoms with E-state index in [9.17, 15) is 18.0 Å². The zero-order chi connectivity index (χ0) is 25.5. The van der Waals surface area contributed by atoms with Crippen LogP contribution in [-0.4, -0.2) is 21.8 Å². The molecule has 0 radical (unpaired) electrons. The summed E-state index contributed by atoms with van der Waals surface area (Å²) < 4.78 is 43.4. The molecule has 0 bridgehead atoms. The van der Waals surface area contributed by atoms with Gasteiger partial charge in [0.15, 0.2) is 0 Å². The molecule has 186 valence electrons. The molecular formula is C26H22ClF3N4OS. The largest absolute Gasteiger partial charge is 0.416 e. The van der Waals surface area contributed by atoms with Crippen LogP contribution < -0.4 is 10.2 Å². The maximum atomic E-state index is 13.0. The van der Waals surface area contributed by atoms with Gasteiger partial charge in [-0.15, -0.1) is 0 Å². The Morgan fingerprint density at radius 3 is 2.39 bits per heavy atom. The molecule has 1 heterocycles. The number of hydrogen-bond donors (Lipinski definition) is 1. The average molecular weight is 531 g/mol. The standard InChI is InChI=1S/C26H22ClF3N4OS/c27-22-11-9-18(10-12-22)14-23-32-25(36-33-23)34(16-19-5-2-1-3-6-19)17-24(35)31-15-20-7-4-8-21(13-20)26(28,29)30/h1-13H,14-17H2,(H,31,35). The van der Waals surface area contributed by atoms with E-state index in [-0.39, 0.29) is 19.0 Å². The van der Waals surface area contributed by atoms with E-state index in [4.69, 9.17) is 11.6 Å². The van der Waals surface area contributed by atoms with Crippen LogP contribution in [0.1, 0.15) is 28.1 Å². The summed E-state index contributed by atoms with van der Waals surface area (Å²) in [5.41, 5.74) is 1.62. The van der Waals surface area contributed by atoms with E-state index in [1.165, 1.54) is 17.6 Å². The van der Waals surface area contributed by atoms with Crippen molar-refractivity contribution in [3.05, 3.63) is 112 Å². The number of alkyl halides is 3. The Hall–Kier alpha value is -3.43. The molecule has 0 unspecified atom stereocenters. The number of aromatic nitrogens is 2. The van der Waals surface area contributed by atoms with Gasteiger partial charge >= 0.3 is 6.18 Å². The van der Waals surface area contributed by atoms with E-state index >= 15 is 0 Å². The van der Waals surface area contributed by atoms with Crippen LogP contribution in [0.5, 0.6) is 0 Å². The molecule has 0 saturated heterocycles. The second-order valence-corrected chi connectivity index (χ2v) is 9.28. The molecule has 0 spiro atoms. The summed E-state index contributed by atoms with van der Waals surface area (Å²) >= 11 is 7.15. The second kappa shape index (κ2) is 11.5. The van der Waals surface area contributed by atoms with Crippen LogP contribution in [0.25, 0.3) is 0 Å². The van der Waals surface area contributed by atoms with Crippen molar-refractivity contribution in [3.8, 4) is 0 Å². The molecule has 0 aliphatic rings. The van der Waals surface area contributed by atoms with Gasteiger partial charge in [0, 0.05) is 36.1 Å². The minimum Gasteiger partial charge on any atom is -0.350 e. The molecule has 0 saturated carbocycles. The van der Waals surface area contributed by atoms with Crippen molar-refractivity contribution in [2.24, 2.45) is 0 Å². The third kappa shape index (κ3) is 7.29. The zero-order valence-corrected chi connectivity index (χ0v) is 20.6. The first-order valence-corrected chi connectivity index (χ1v) is 12.2. The summed E-state index contributed by atoms with van der Waals surface area (Å²) in [6.07, 6.45) is -3.91. The van der Waals surface area contributed by atoms with Crippen LogP contribution in [0, 0.1) is 0 Å². The molecule has 1 aromatic heterocycles. The molecule has 0 aliphatic carbocycles. The Labute approximate surface area is 215 Å². The molecule has 3 aromatic carbocycles. The molecular weight excluding hydrogens is 509 g/mol. The fourth-order valence-electron chi connectivity index (χ4n) is 3.51. The number of nitrogens with one attached hydrogen (secondary N) is 1. The van der Waals surface area contributed by atoms with Crippen molar-refractivity contribution in [2.45, 2.75) is 25.7 Å². The van der Waals surface area contributed by atoms with E-state index in [2.05, 4.69) is 14.7 Å². The highest BCUT2D eigenvalue weighted by Crippen LogP contribution is 2.29. The van der Waals surface area contributed by atoms with Gasteiger partial charge in [0.1, 0.15) is 5.82 Å². The van der Waals surface area contributed by atoms with Crippen LogP contribution in [0.4, 0.5) is 18.3 Å². The smallest absolute Gasteiger partial charge is 0.350 e. The lowest BCUT2D eigenvalue weighted by Gasteiger charge is -2.21. The van der Waals surface area contributed by atoms with Gasteiger partial charge in [-0.05, 0) is 41.0 Å². The summed E-state index contributed by atoms with van der Waals surface area (Å²) in [5, 5.41) is 3.94. The molecule has 4 aromatic rings. The molecule has 1 N–H and O–H groups in total. The minimum atomic E-state index is -4.44. The summed E-state index contributed by atoms with van der Waals surface area (Å²) in [5.74, 6) is 0.289. The van der Waals surface area contributed by atoms with Crippen LogP contribution in [0.3, 0.4) is 0 Å². The van der Waals surface area contributed by atoms with Gasteiger partial charge in [0.05, 0.1) is 12.1 Å². The Balaban J connectivity index is 1.45. The molecule has 36 heavy (non-hydrogen) atoms. The van der Waals surface area contributed by atoms with Gasteiger partial charge in [-0.2, -0.15) is 17.5 Å². The average Bonchev–Trinajstić information content (AvgIpc) is 3.33. The first-order chi connectivity index (χ1) is 17.3. The Bertz CT molecular complexity index is 1300. The summed E-state index contributed by atoms with van der Waals surface area (Å²) in [6, 6.07) is 22.0. The number of anilines is 1. The van der Waals surface area contributed by atoms with Crippen LogP contribution in [0.2, 0.25) is 5.02 Å². The Morgan fingerprint density at radius 2 is 1.67 bits per heavy atom. The second-order valence-electron chi connectivity index (χ2n) is 8.11. The maximum Gasteiger partial charge on any atom is 0.416 e. The number of rotatable bonds is 9. The zero-order valence-electron chi connectivity index (χ0n) is 19.0. The Morgan fingerprint density at radius 1 is 0.944 bits per heavy atom. The van der Waals surface area contributed by atoms with Crippen LogP contribution in [-0.2, 0) is 30.5 Å². The highest BCUT2D eigenvalue weighted by molar-refractivity contribution is 7.09. The molecule has 10 heteroatoms. The van der Waals surface area contributed by atoms with Crippen molar-refractivity contribution >= 4 is 34.2 Å². The lowest BCUT2D eigenvalue weighted by molar-refractivity contribution is -0.137. The summed E-state index contributed by atoms with van der Waals surface area (Å²) in [6.45, 7) is 0.386. The van der Waals surface area contributed by atoms with Gasteiger partial charge < -0.3 is 10.2 Å². The van der Waals surface area contributed by atoms with Crippen LogP contribution >= 0.6 is 23.1 Å². The van der Waals surface area contributed by atoms with E-state index in [0.717, 1.165) is 23.3 Å². The number of halogens is 4. The topological polar surface area (TPSA) is 58.1 Å². The van der Waals surface area contributed by atoms with E-state index in [1.807, 2.05) is 42.5 Å². The fraction of sp³-hybridized carbons (Fsp3) is 0.192. The number of hydrogen-bond acceptors (Lipinski definition) is 5. The van der Waals surface area contributed by atoms with E-state index < -0.39 is 11.7 Å². The third-order valence-electron chi connectivity index (χ3n) is 5.30. The number of amides is 1. The predicted molar refractivity (Wildman–Crippen MR) is 135 cm³/mol. The molecule has 0 aliphatic heterocycles. The quantitative estimate of drug-likeness (QED) is 0.283. The molecule has 0 atom stereocenters. The SMILES string of the molecule is O=C(CN(Cc1ccccc1)c1nc(Cc2ccc(Cl)cc2)ns1)NCc1cccc(C(F)(F)F)c1. The van der Waals surface area contributed by atoms with Crippen molar-refractivity contribution < 1.29 is 18.0 Å². The molecule has 1 amide bonds. The number of benzene rings is 3. The first-order valence-electron chi connectivity index (χ1n) is 11.0. The maximum absolute atomic E-state index is 13.0. The molecule has 4 rings (SSSR count). The summed E-state index contributed by atoms with van der Waals surface area (Å²) in [7, 11) is 0. The van der Waals surface area contributed by atoms with Gasteiger partial charge in [-0.1, -0.05) is 66.2 Å².